The SMILES string of the molecule is C[C@H]1CC[C@@H]([C]=O)N1. The number of hydrogen-bond donors (Lipinski definition) is 1. The van der Waals surface area contributed by atoms with Crippen LogP contribution >= 0.6 is 0 Å². The fraction of sp³-hybridized carbons (Fsp3) is 0.833. The maximum Gasteiger partial charge on any atom is 0.216 e. The molecule has 1 saturated heterocycles. The normalized spacial score (nSPS) is 37.6. The largest absolute Gasteiger partial charge is 0.305 e. The van der Waals surface area contributed by atoms with Crippen LogP contribution in [0.4, 0.5) is 0 Å². The summed E-state index contributed by atoms with van der Waals surface area (Å²) in [5.74, 6) is 0. The van der Waals surface area contributed by atoms with Crippen molar-refractivity contribution >= 4 is 6.29 Å². The van der Waals surface area contributed by atoms with Crippen molar-refractivity contribution in [3.05, 3.63) is 0 Å². The molecule has 0 aromatic carbocycles. The van der Waals surface area contributed by atoms with Gasteiger partial charge in [0.1, 0.15) is 0 Å². The van der Waals surface area contributed by atoms with Crippen LogP contribution < -0.4 is 5.32 Å². The van der Waals surface area contributed by atoms with E-state index in [2.05, 4.69) is 12.2 Å². The molecule has 0 saturated carbocycles. The van der Waals surface area contributed by atoms with Gasteiger partial charge >= 0.3 is 0 Å². The van der Waals surface area contributed by atoms with Crippen LogP contribution in [0.2, 0.25) is 0 Å². The first kappa shape index (κ1) is 5.76. The first-order valence-corrected chi connectivity index (χ1v) is 2.96. The lowest BCUT2D eigenvalue weighted by atomic mass is 10.2. The van der Waals surface area contributed by atoms with Crippen molar-refractivity contribution in [2.75, 3.05) is 0 Å². The lowest BCUT2D eigenvalue weighted by Gasteiger charge is -2.00. The van der Waals surface area contributed by atoms with E-state index in [1.165, 1.54) is 0 Å². The standard InChI is InChI=1S/C6H10NO/c1-5-2-3-6(4-8)7-5/h5-7H,2-3H2,1H3/t5-,6-/m0/s1. The Labute approximate surface area is 49.3 Å². The highest BCUT2D eigenvalue weighted by atomic mass is 16.1. The molecule has 1 rings (SSSR count). The molecular formula is C6H10NO. The summed E-state index contributed by atoms with van der Waals surface area (Å²) in [6.07, 6.45) is 4.01. The molecule has 1 aliphatic rings. The Morgan fingerprint density at radius 3 is 2.62 bits per heavy atom. The predicted octanol–water partition coefficient (Wildman–Crippen LogP) is 0.237. The second-order valence-corrected chi connectivity index (χ2v) is 2.32. The van der Waals surface area contributed by atoms with E-state index in [1.54, 1.807) is 0 Å². The Morgan fingerprint density at radius 1 is 1.62 bits per heavy atom. The lowest BCUT2D eigenvalue weighted by Crippen LogP contribution is -2.27. The maximum absolute atomic E-state index is 9.97. The third-order valence-electron chi connectivity index (χ3n) is 1.52. The van der Waals surface area contributed by atoms with E-state index < -0.39 is 0 Å². The van der Waals surface area contributed by atoms with Crippen LogP contribution in [0.1, 0.15) is 19.8 Å². The van der Waals surface area contributed by atoms with E-state index in [-0.39, 0.29) is 6.04 Å². The molecule has 0 bridgehead atoms. The molecule has 1 aliphatic heterocycles. The van der Waals surface area contributed by atoms with Gasteiger partial charge in [-0.3, -0.25) is 4.79 Å². The van der Waals surface area contributed by atoms with Crippen LogP contribution in [-0.4, -0.2) is 18.4 Å². The van der Waals surface area contributed by atoms with Crippen LogP contribution in [0.25, 0.3) is 0 Å². The molecule has 2 heteroatoms. The zero-order valence-corrected chi connectivity index (χ0v) is 4.98. The summed E-state index contributed by atoms with van der Waals surface area (Å²) in [5, 5.41) is 3.08. The highest BCUT2D eigenvalue weighted by molar-refractivity contribution is 5.59. The molecule has 0 aromatic heterocycles. The van der Waals surface area contributed by atoms with Gasteiger partial charge < -0.3 is 5.32 Å². The zero-order chi connectivity index (χ0) is 5.98. The van der Waals surface area contributed by atoms with Gasteiger partial charge in [0.2, 0.25) is 6.29 Å². The summed E-state index contributed by atoms with van der Waals surface area (Å²) in [6, 6.07) is 0.534. The summed E-state index contributed by atoms with van der Waals surface area (Å²) in [5.41, 5.74) is 0. The predicted molar refractivity (Wildman–Crippen MR) is 31.3 cm³/mol. The van der Waals surface area contributed by atoms with Crippen molar-refractivity contribution in [2.45, 2.75) is 31.8 Å². The summed E-state index contributed by atoms with van der Waals surface area (Å²) in [7, 11) is 0. The van der Waals surface area contributed by atoms with Gasteiger partial charge in [0.25, 0.3) is 0 Å². The second kappa shape index (κ2) is 2.27. The van der Waals surface area contributed by atoms with Gasteiger partial charge in [0.05, 0.1) is 6.04 Å². The Kier molecular flexibility index (Phi) is 1.63. The quantitative estimate of drug-likeness (QED) is 0.526. The maximum atomic E-state index is 9.97. The van der Waals surface area contributed by atoms with Gasteiger partial charge in [-0.05, 0) is 19.8 Å². The third kappa shape index (κ3) is 1.07. The number of carbonyl (C=O) groups excluding carboxylic acids is 1. The molecule has 0 aliphatic carbocycles. The summed E-state index contributed by atoms with van der Waals surface area (Å²) >= 11 is 0. The van der Waals surface area contributed by atoms with Crippen LogP contribution in [0, 0.1) is 0 Å². The van der Waals surface area contributed by atoms with Gasteiger partial charge in [-0.25, -0.2) is 0 Å². The first-order valence-electron chi connectivity index (χ1n) is 2.96. The van der Waals surface area contributed by atoms with Gasteiger partial charge in [-0.15, -0.1) is 0 Å². The lowest BCUT2D eigenvalue weighted by molar-refractivity contribution is 0.527. The fourth-order valence-corrected chi connectivity index (χ4v) is 1.02. The van der Waals surface area contributed by atoms with Crippen LogP contribution in [0.3, 0.4) is 0 Å². The number of hydrogen-bond acceptors (Lipinski definition) is 2. The van der Waals surface area contributed by atoms with E-state index >= 15 is 0 Å². The Hall–Kier alpha value is -0.370. The molecule has 0 spiro atoms. The van der Waals surface area contributed by atoms with Gasteiger partial charge in [0, 0.05) is 6.04 Å². The van der Waals surface area contributed by atoms with Crippen LogP contribution in [0.15, 0.2) is 0 Å². The number of rotatable bonds is 1. The van der Waals surface area contributed by atoms with Crippen molar-refractivity contribution in [1.29, 1.82) is 0 Å². The minimum atomic E-state index is 0.0185. The number of nitrogens with one attached hydrogen (secondary N) is 1. The molecule has 1 heterocycles. The van der Waals surface area contributed by atoms with Gasteiger partial charge in [0.15, 0.2) is 0 Å². The van der Waals surface area contributed by atoms with Crippen molar-refractivity contribution in [3.8, 4) is 0 Å². The molecule has 1 radical (unpaired) electrons. The minimum Gasteiger partial charge on any atom is -0.305 e. The molecular weight excluding hydrogens is 102 g/mol. The van der Waals surface area contributed by atoms with Crippen molar-refractivity contribution in [2.24, 2.45) is 0 Å². The minimum absolute atomic E-state index is 0.0185. The molecule has 2 nitrogen and oxygen atoms in total. The summed E-state index contributed by atoms with van der Waals surface area (Å²) in [4.78, 5) is 9.97. The van der Waals surface area contributed by atoms with Crippen molar-refractivity contribution < 1.29 is 4.79 Å². The van der Waals surface area contributed by atoms with E-state index in [4.69, 9.17) is 0 Å². The van der Waals surface area contributed by atoms with E-state index in [0.29, 0.717) is 6.04 Å². The van der Waals surface area contributed by atoms with Crippen LogP contribution in [0.5, 0.6) is 0 Å². The van der Waals surface area contributed by atoms with Gasteiger partial charge in [-0.2, -0.15) is 0 Å². The van der Waals surface area contributed by atoms with Gasteiger partial charge in [-0.1, -0.05) is 0 Å². The zero-order valence-electron chi connectivity index (χ0n) is 4.98. The molecule has 2 atom stereocenters. The van der Waals surface area contributed by atoms with E-state index in [0.717, 1.165) is 12.8 Å². The molecule has 0 aromatic rings. The van der Waals surface area contributed by atoms with Crippen LogP contribution in [-0.2, 0) is 4.79 Å². The monoisotopic (exact) mass is 112 g/mol. The molecule has 1 N–H and O–H groups in total. The highest BCUT2D eigenvalue weighted by Crippen LogP contribution is 2.08. The third-order valence-corrected chi connectivity index (χ3v) is 1.52. The molecule has 0 unspecified atom stereocenters. The smallest absolute Gasteiger partial charge is 0.216 e. The molecule has 8 heavy (non-hydrogen) atoms. The fourth-order valence-electron chi connectivity index (χ4n) is 1.02. The average molecular weight is 112 g/mol. The van der Waals surface area contributed by atoms with E-state index in [1.807, 2.05) is 6.29 Å². The van der Waals surface area contributed by atoms with E-state index in [9.17, 15) is 4.79 Å². The average Bonchev–Trinajstić information content (AvgIpc) is 2.14. The second-order valence-electron chi connectivity index (χ2n) is 2.32. The Bertz CT molecular complexity index is 92.5. The summed E-state index contributed by atoms with van der Waals surface area (Å²) in [6.45, 7) is 2.08. The topological polar surface area (TPSA) is 29.1 Å². The Morgan fingerprint density at radius 2 is 2.38 bits per heavy atom. The Balaban J connectivity index is 2.32. The highest BCUT2D eigenvalue weighted by Gasteiger charge is 2.19. The molecule has 45 valence electrons. The van der Waals surface area contributed by atoms with Crippen molar-refractivity contribution in [1.82, 2.24) is 5.32 Å². The van der Waals surface area contributed by atoms with Crippen molar-refractivity contribution in [3.63, 3.8) is 0 Å². The molecule has 1 fully saturated rings. The first-order chi connectivity index (χ1) is 3.83. The molecule has 0 amide bonds. The summed E-state index contributed by atoms with van der Waals surface area (Å²) < 4.78 is 0.